The van der Waals surface area contributed by atoms with Gasteiger partial charge in [0.1, 0.15) is 0 Å². The molecular weight excluding hydrogens is 288 g/mol. The standard InChI is InChI=1S/C6H11O2.W/c1-7-6-2-4-8-5-3-6;/h2,6H,3-5H2,1H3;/q-1;. The van der Waals surface area contributed by atoms with E-state index in [0.717, 1.165) is 19.6 Å². The van der Waals surface area contributed by atoms with E-state index in [0.29, 0.717) is 6.10 Å². The molecule has 1 fully saturated rings. The summed E-state index contributed by atoms with van der Waals surface area (Å²) in [7, 11) is 1.73. The molecule has 54 valence electrons. The summed E-state index contributed by atoms with van der Waals surface area (Å²) < 4.78 is 10.1. The van der Waals surface area contributed by atoms with Gasteiger partial charge in [0.25, 0.3) is 0 Å². The Morgan fingerprint density at radius 2 is 2.44 bits per heavy atom. The molecule has 0 spiro atoms. The van der Waals surface area contributed by atoms with Gasteiger partial charge in [0, 0.05) is 34.8 Å². The Morgan fingerprint density at radius 3 is 2.78 bits per heavy atom. The molecule has 1 rings (SSSR count). The second kappa shape index (κ2) is 5.40. The Kier molecular flexibility index (Phi) is 5.76. The van der Waals surface area contributed by atoms with Crippen molar-refractivity contribution in [1.29, 1.82) is 0 Å². The quantitative estimate of drug-likeness (QED) is 0.661. The molecule has 0 bridgehead atoms. The zero-order chi connectivity index (χ0) is 5.82. The normalized spacial score (nSPS) is 27.0. The van der Waals surface area contributed by atoms with Crippen LogP contribution >= 0.6 is 0 Å². The van der Waals surface area contributed by atoms with Gasteiger partial charge in [0.15, 0.2) is 0 Å². The van der Waals surface area contributed by atoms with E-state index < -0.39 is 0 Å². The molecular formula is C6H11O2W-. The largest absolute Gasteiger partial charge is 0.413 e. The first-order valence-corrected chi connectivity index (χ1v) is 2.87. The number of methoxy groups -OCH3 is 1. The Balaban J connectivity index is 0.000000640. The van der Waals surface area contributed by atoms with Crippen molar-refractivity contribution in [3.05, 3.63) is 6.42 Å². The van der Waals surface area contributed by atoms with Gasteiger partial charge in [-0.05, 0) is 6.42 Å². The molecule has 1 aliphatic heterocycles. The number of rotatable bonds is 1. The first-order valence-electron chi connectivity index (χ1n) is 2.87. The van der Waals surface area contributed by atoms with Crippen LogP contribution in [0.5, 0.6) is 0 Å². The summed E-state index contributed by atoms with van der Waals surface area (Å²) in [6.45, 7) is 1.59. The van der Waals surface area contributed by atoms with E-state index in [-0.39, 0.29) is 21.1 Å². The molecule has 0 radical (unpaired) electrons. The van der Waals surface area contributed by atoms with Gasteiger partial charge in [-0.25, -0.2) is 0 Å². The van der Waals surface area contributed by atoms with E-state index in [9.17, 15) is 0 Å². The maximum absolute atomic E-state index is 5.07. The summed E-state index contributed by atoms with van der Waals surface area (Å²) in [5.41, 5.74) is 0. The smallest absolute Gasteiger partial charge is 0.0429 e. The van der Waals surface area contributed by atoms with Crippen LogP contribution in [0, 0.1) is 6.42 Å². The van der Waals surface area contributed by atoms with Gasteiger partial charge >= 0.3 is 0 Å². The first-order chi connectivity index (χ1) is 3.93. The van der Waals surface area contributed by atoms with Crippen LogP contribution in [0.25, 0.3) is 0 Å². The zero-order valence-corrected chi connectivity index (χ0v) is 8.43. The van der Waals surface area contributed by atoms with E-state index in [4.69, 9.17) is 9.47 Å². The van der Waals surface area contributed by atoms with Crippen LogP contribution in [0.4, 0.5) is 0 Å². The molecule has 1 atom stereocenters. The van der Waals surface area contributed by atoms with E-state index >= 15 is 0 Å². The summed E-state index contributed by atoms with van der Waals surface area (Å²) >= 11 is 0. The van der Waals surface area contributed by atoms with Gasteiger partial charge in [-0.1, -0.05) is 12.7 Å². The minimum Gasteiger partial charge on any atom is -0.413 e. The molecule has 9 heavy (non-hydrogen) atoms. The van der Waals surface area contributed by atoms with Crippen LogP contribution in [0.15, 0.2) is 0 Å². The number of hydrogen-bond donors (Lipinski definition) is 0. The fourth-order valence-corrected chi connectivity index (χ4v) is 0.790. The predicted octanol–water partition coefficient (Wildman–Crippen LogP) is 0.623. The molecule has 1 unspecified atom stereocenters. The Bertz CT molecular complexity index is 62.1. The van der Waals surface area contributed by atoms with Crippen molar-refractivity contribution in [1.82, 2.24) is 0 Å². The van der Waals surface area contributed by atoms with Gasteiger partial charge in [-0.2, -0.15) is 0 Å². The average molecular weight is 299 g/mol. The van der Waals surface area contributed by atoms with Crippen molar-refractivity contribution < 1.29 is 30.5 Å². The van der Waals surface area contributed by atoms with E-state index in [1.165, 1.54) is 0 Å². The topological polar surface area (TPSA) is 18.5 Å². The minimum absolute atomic E-state index is 0. The van der Waals surface area contributed by atoms with Crippen LogP contribution in [-0.4, -0.2) is 26.4 Å². The van der Waals surface area contributed by atoms with Crippen molar-refractivity contribution in [3.8, 4) is 0 Å². The Hall–Kier alpha value is 0.608. The van der Waals surface area contributed by atoms with E-state index in [2.05, 4.69) is 0 Å². The molecule has 0 saturated carbocycles. The van der Waals surface area contributed by atoms with Crippen LogP contribution < -0.4 is 0 Å². The van der Waals surface area contributed by atoms with Gasteiger partial charge in [-0.3, -0.25) is 6.42 Å². The molecule has 0 aromatic rings. The molecule has 1 saturated heterocycles. The van der Waals surface area contributed by atoms with Gasteiger partial charge in [0.05, 0.1) is 0 Å². The average Bonchev–Trinajstić information content (AvgIpc) is 1.90. The maximum atomic E-state index is 5.07. The van der Waals surface area contributed by atoms with Crippen molar-refractivity contribution in [2.45, 2.75) is 12.5 Å². The fraction of sp³-hybridized carbons (Fsp3) is 0.833. The van der Waals surface area contributed by atoms with Crippen LogP contribution in [0.2, 0.25) is 0 Å². The molecule has 0 aliphatic carbocycles. The number of ether oxygens (including phenoxy) is 2. The van der Waals surface area contributed by atoms with E-state index in [1.807, 2.05) is 6.42 Å². The molecule has 0 amide bonds. The van der Waals surface area contributed by atoms with E-state index in [1.54, 1.807) is 7.11 Å². The Morgan fingerprint density at radius 1 is 1.67 bits per heavy atom. The van der Waals surface area contributed by atoms with Crippen molar-refractivity contribution in [2.75, 3.05) is 20.3 Å². The molecule has 0 aromatic heterocycles. The van der Waals surface area contributed by atoms with Crippen LogP contribution in [0.1, 0.15) is 6.42 Å². The van der Waals surface area contributed by atoms with Gasteiger partial charge in [0.2, 0.25) is 0 Å². The monoisotopic (exact) mass is 299 g/mol. The second-order valence-corrected chi connectivity index (χ2v) is 1.87. The maximum Gasteiger partial charge on any atom is 0.0429 e. The summed E-state index contributed by atoms with van der Waals surface area (Å²) in [6, 6.07) is 0. The third-order valence-corrected chi connectivity index (χ3v) is 1.33. The summed E-state index contributed by atoms with van der Waals surface area (Å²) in [4.78, 5) is 0. The van der Waals surface area contributed by atoms with Gasteiger partial charge < -0.3 is 9.47 Å². The second-order valence-electron chi connectivity index (χ2n) is 1.87. The first kappa shape index (κ1) is 9.61. The summed E-state index contributed by atoms with van der Waals surface area (Å²) in [6.07, 6.45) is 3.39. The SMILES string of the molecule is COC1[CH-]COCC1.[W]. The molecule has 3 heteroatoms. The number of hydrogen-bond acceptors (Lipinski definition) is 2. The molecule has 0 aromatic carbocycles. The molecule has 0 N–H and O–H groups in total. The molecule has 1 aliphatic rings. The van der Waals surface area contributed by atoms with Crippen LogP contribution in [0.3, 0.4) is 0 Å². The van der Waals surface area contributed by atoms with Crippen molar-refractivity contribution >= 4 is 0 Å². The zero-order valence-electron chi connectivity index (χ0n) is 5.50. The minimum atomic E-state index is 0. The fourth-order valence-electron chi connectivity index (χ4n) is 0.790. The third-order valence-electron chi connectivity index (χ3n) is 1.33. The third kappa shape index (κ3) is 3.34. The molecule has 1 heterocycles. The van der Waals surface area contributed by atoms with Crippen LogP contribution in [-0.2, 0) is 30.5 Å². The summed E-state index contributed by atoms with van der Waals surface area (Å²) in [5, 5.41) is 0. The summed E-state index contributed by atoms with van der Waals surface area (Å²) in [5.74, 6) is 0. The van der Waals surface area contributed by atoms with Crippen molar-refractivity contribution in [3.63, 3.8) is 0 Å². The Labute approximate surface area is 70.2 Å². The predicted molar refractivity (Wildman–Crippen MR) is 30.5 cm³/mol. The molecule has 2 nitrogen and oxygen atoms in total. The van der Waals surface area contributed by atoms with Gasteiger partial charge in [-0.15, -0.1) is 0 Å². The van der Waals surface area contributed by atoms with Crippen molar-refractivity contribution in [2.24, 2.45) is 0 Å².